The van der Waals surface area contributed by atoms with Crippen LogP contribution in [-0.2, 0) is 0 Å². The first-order valence-electron chi connectivity index (χ1n) is 5.54. The minimum atomic E-state index is -1.13. The first kappa shape index (κ1) is 15.3. The van der Waals surface area contributed by atoms with Crippen molar-refractivity contribution in [3.8, 4) is 0 Å². The molecule has 0 radical (unpaired) electrons. The maximum Gasteiger partial charge on any atom is 0.346 e. The summed E-state index contributed by atoms with van der Waals surface area (Å²) in [6.45, 7) is 4.59. The summed E-state index contributed by atoms with van der Waals surface area (Å²) in [6, 6.07) is 5.70. The quantitative estimate of drug-likeness (QED) is 0.345. The zero-order valence-electron chi connectivity index (χ0n) is 10.9. The predicted molar refractivity (Wildman–Crippen MR) is 73.1 cm³/mol. The normalized spacial score (nSPS) is 12.2. The van der Waals surface area contributed by atoms with E-state index in [0.717, 1.165) is 0 Å². The van der Waals surface area contributed by atoms with E-state index in [1.165, 1.54) is 6.92 Å². The minimum absolute atomic E-state index is 0.196. The summed E-state index contributed by atoms with van der Waals surface area (Å²) >= 11 is 5.73. The summed E-state index contributed by atoms with van der Waals surface area (Å²) in [5.41, 5.74) is -0.449. The number of hydrogen-bond acceptors (Lipinski definition) is 4. The number of urea groups is 1. The maximum atomic E-state index is 11.9. The fourth-order valence-corrected chi connectivity index (χ4v) is 1.37. The van der Waals surface area contributed by atoms with E-state index in [1.807, 2.05) is 0 Å². The lowest BCUT2D eigenvalue weighted by molar-refractivity contribution is -0.0841. The van der Waals surface area contributed by atoms with Gasteiger partial charge in [-0.15, -0.1) is 0 Å². The van der Waals surface area contributed by atoms with Crippen LogP contribution < -0.4 is 5.32 Å². The molecule has 0 aliphatic rings. The van der Waals surface area contributed by atoms with Crippen LogP contribution in [0.25, 0.3) is 0 Å². The van der Waals surface area contributed by atoms with Crippen molar-refractivity contribution in [3.05, 3.63) is 29.3 Å². The molecule has 0 atom stereocenters. The average molecular weight is 286 g/mol. The van der Waals surface area contributed by atoms with Gasteiger partial charge in [-0.05, 0) is 45.0 Å². The second-order valence-corrected chi connectivity index (χ2v) is 4.93. The predicted octanol–water partition coefficient (Wildman–Crippen LogP) is 3.19. The molecule has 0 saturated carbocycles. The SMILES string of the molecule is C/C(=N\O)C(C)(C)N(O)C(=O)Nc1ccc(Cl)cc1. The molecule has 104 valence electrons. The van der Waals surface area contributed by atoms with E-state index in [-0.39, 0.29) is 5.71 Å². The van der Waals surface area contributed by atoms with Crippen LogP contribution in [-0.4, -0.2) is 32.8 Å². The number of anilines is 1. The summed E-state index contributed by atoms with van der Waals surface area (Å²) in [5, 5.41) is 25.1. The monoisotopic (exact) mass is 285 g/mol. The molecule has 7 heteroatoms. The molecule has 0 unspecified atom stereocenters. The number of oxime groups is 1. The third kappa shape index (κ3) is 3.59. The van der Waals surface area contributed by atoms with Crippen LogP contribution in [0.3, 0.4) is 0 Å². The van der Waals surface area contributed by atoms with Gasteiger partial charge in [0, 0.05) is 10.7 Å². The number of rotatable bonds is 3. The highest BCUT2D eigenvalue weighted by molar-refractivity contribution is 6.30. The molecule has 0 aliphatic carbocycles. The lowest BCUT2D eigenvalue weighted by atomic mass is 9.99. The molecule has 1 aromatic rings. The second kappa shape index (κ2) is 5.90. The summed E-state index contributed by atoms with van der Waals surface area (Å²) in [4.78, 5) is 11.9. The molecule has 0 saturated heterocycles. The zero-order chi connectivity index (χ0) is 14.6. The lowest BCUT2D eigenvalue weighted by Gasteiger charge is -2.32. The molecule has 2 amide bonds. The van der Waals surface area contributed by atoms with Crippen molar-refractivity contribution >= 4 is 29.0 Å². The van der Waals surface area contributed by atoms with Gasteiger partial charge in [-0.3, -0.25) is 5.21 Å². The van der Waals surface area contributed by atoms with E-state index in [1.54, 1.807) is 38.1 Å². The number of carbonyl (C=O) groups excluding carboxylic acids is 1. The van der Waals surface area contributed by atoms with Crippen LogP contribution >= 0.6 is 11.6 Å². The smallest absolute Gasteiger partial charge is 0.346 e. The third-order valence-electron chi connectivity index (χ3n) is 2.85. The van der Waals surface area contributed by atoms with Gasteiger partial charge in [0.25, 0.3) is 0 Å². The molecule has 1 rings (SSSR count). The van der Waals surface area contributed by atoms with Crippen molar-refractivity contribution in [2.75, 3.05) is 5.32 Å². The molecule has 0 aromatic heterocycles. The Balaban J connectivity index is 2.81. The van der Waals surface area contributed by atoms with Crippen molar-refractivity contribution in [1.82, 2.24) is 5.06 Å². The van der Waals surface area contributed by atoms with Gasteiger partial charge in [0.1, 0.15) is 5.54 Å². The molecular formula is C12H16ClN3O3. The summed E-state index contributed by atoms with van der Waals surface area (Å²) in [7, 11) is 0. The Labute approximate surface area is 116 Å². The number of nitrogens with one attached hydrogen (secondary N) is 1. The fourth-order valence-electron chi connectivity index (χ4n) is 1.24. The van der Waals surface area contributed by atoms with Crippen LogP contribution in [0.4, 0.5) is 10.5 Å². The molecule has 6 nitrogen and oxygen atoms in total. The highest BCUT2D eigenvalue weighted by Crippen LogP contribution is 2.18. The van der Waals surface area contributed by atoms with Gasteiger partial charge in [-0.2, -0.15) is 5.06 Å². The summed E-state index contributed by atoms with van der Waals surface area (Å²) < 4.78 is 0. The summed E-state index contributed by atoms with van der Waals surface area (Å²) in [5.74, 6) is 0. The second-order valence-electron chi connectivity index (χ2n) is 4.49. The molecule has 3 N–H and O–H groups in total. The van der Waals surface area contributed by atoms with Crippen molar-refractivity contribution in [1.29, 1.82) is 0 Å². The maximum absolute atomic E-state index is 11.9. The molecule has 19 heavy (non-hydrogen) atoms. The molecule has 0 heterocycles. The van der Waals surface area contributed by atoms with Gasteiger partial charge >= 0.3 is 6.03 Å². The fraction of sp³-hybridized carbons (Fsp3) is 0.333. The van der Waals surface area contributed by atoms with Gasteiger partial charge < -0.3 is 10.5 Å². The number of nitrogens with zero attached hydrogens (tertiary/aromatic N) is 2. The Morgan fingerprint density at radius 2 is 1.89 bits per heavy atom. The number of hydroxylamine groups is 2. The van der Waals surface area contributed by atoms with Gasteiger partial charge in [0.05, 0.1) is 5.71 Å². The van der Waals surface area contributed by atoms with Gasteiger partial charge in [-0.1, -0.05) is 16.8 Å². The number of carbonyl (C=O) groups is 1. The first-order valence-corrected chi connectivity index (χ1v) is 5.91. The van der Waals surface area contributed by atoms with Crippen LogP contribution in [0.2, 0.25) is 5.02 Å². The van der Waals surface area contributed by atoms with Crippen molar-refractivity contribution in [2.24, 2.45) is 5.16 Å². The Morgan fingerprint density at radius 1 is 1.37 bits per heavy atom. The molecule has 0 aliphatic heterocycles. The van der Waals surface area contributed by atoms with Crippen LogP contribution in [0.15, 0.2) is 29.4 Å². The Bertz CT molecular complexity index is 485. The van der Waals surface area contributed by atoms with Crippen molar-refractivity contribution < 1.29 is 15.2 Å². The average Bonchev–Trinajstić information content (AvgIpc) is 2.39. The largest absolute Gasteiger partial charge is 0.411 e. The van der Waals surface area contributed by atoms with E-state index in [2.05, 4.69) is 10.5 Å². The Kier molecular flexibility index (Phi) is 4.74. The molecular weight excluding hydrogens is 270 g/mol. The topological polar surface area (TPSA) is 85.2 Å². The van der Waals surface area contributed by atoms with Gasteiger partial charge in [0.2, 0.25) is 0 Å². The minimum Gasteiger partial charge on any atom is -0.411 e. The van der Waals surface area contributed by atoms with E-state index in [4.69, 9.17) is 16.8 Å². The number of hydrogen-bond donors (Lipinski definition) is 3. The Morgan fingerprint density at radius 3 is 2.37 bits per heavy atom. The third-order valence-corrected chi connectivity index (χ3v) is 3.10. The van der Waals surface area contributed by atoms with Gasteiger partial charge in [-0.25, -0.2) is 4.79 Å². The summed E-state index contributed by atoms with van der Waals surface area (Å²) in [6.07, 6.45) is 0. The number of amides is 2. The van der Waals surface area contributed by atoms with E-state index < -0.39 is 11.6 Å². The number of halogens is 1. The zero-order valence-corrected chi connectivity index (χ0v) is 11.6. The lowest BCUT2D eigenvalue weighted by Crippen LogP contribution is -2.51. The number of benzene rings is 1. The van der Waals surface area contributed by atoms with Crippen molar-refractivity contribution in [3.63, 3.8) is 0 Å². The standard InChI is InChI=1S/C12H16ClN3O3/c1-8(15-18)12(2,3)16(19)11(17)14-10-6-4-9(13)5-7-10/h4-7,18-19H,1-3H3,(H,14,17)/b15-8+. The molecule has 0 bridgehead atoms. The first-order chi connectivity index (χ1) is 8.78. The van der Waals surface area contributed by atoms with E-state index in [9.17, 15) is 10.0 Å². The van der Waals surface area contributed by atoms with Crippen LogP contribution in [0.1, 0.15) is 20.8 Å². The van der Waals surface area contributed by atoms with Crippen LogP contribution in [0.5, 0.6) is 0 Å². The Hall–Kier alpha value is -1.79. The molecule has 1 aromatic carbocycles. The van der Waals surface area contributed by atoms with Crippen LogP contribution in [0, 0.1) is 0 Å². The highest BCUT2D eigenvalue weighted by Gasteiger charge is 2.33. The van der Waals surface area contributed by atoms with E-state index in [0.29, 0.717) is 15.8 Å². The highest BCUT2D eigenvalue weighted by atomic mass is 35.5. The van der Waals surface area contributed by atoms with Crippen molar-refractivity contribution in [2.45, 2.75) is 26.3 Å². The molecule has 0 spiro atoms. The van der Waals surface area contributed by atoms with E-state index >= 15 is 0 Å². The van der Waals surface area contributed by atoms with Gasteiger partial charge in [0.15, 0.2) is 0 Å². The molecule has 0 fully saturated rings.